The summed E-state index contributed by atoms with van der Waals surface area (Å²) in [6.45, 7) is -0.482. The van der Waals surface area contributed by atoms with Crippen molar-refractivity contribution in [3.63, 3.8) is 0 Å². The van der Waals surface area contributed by atoms with Crippen LogP contribution in [0.3, 0.4) is 0 Å². The predicted octanol–water partition coefficient (Wildman–Crippen LogP) is -2.75. The summed E-state index contributed by atoms with van der Waals surface area (Å²) in [7, 11) is -4.82. The SMILES string of the molecule is NNCOP(=O)([O-])[O-]. The maximum Gasteiger partial charge on any atom is 0.114 e. The molecule has 0 fully saturated rings. The van der Waals surface area contributed by atoms with Gasteiger partial charge in [0.05, 0.1) is 7.82 Å². The number of phosphoric ester groups is 1. The average molecular weight is 140 g/mol. The van der Waals surface area contributed by atoms with E-state index >= 15 is 0 Å². The quantitative estimate of drug-likeness (QED) is 0.190. The minimum absolute atomic E-state index is 0.482. The normalized spacial score (nSPS) is 11.9. The molecule has 0 aliphatic rings. The molecule has 3 N–H and O–H groups in total. The number of hydrazine groups is 1. The summed E-state index contributed by atoms with van der Waals surface area (Å²) in [5.41, 5.74) is 1.83. The van der Waals surface area contributed by atoms with E-state index in [2.05, 4.69) is 10.4 Å². The molecular formula is CH5N2O4P-2. The Morgan fingerprint density at radius 2 is 2.25 bits per heavy atom. The fourth-order valence-corrected chi connectivity index (χ4v) is 0.349. The molecule has 6 nitrogen and oxygen atoms in total. The van der Waals surface area contributed by atoms with Crippen molar-refractivity contribution < 1.29 is 18.9 Å². The molecule has 0 heterocycles. The first kappa shape index (κ1) is 8.03. The lowest BCUT2D eigenvalue weighted by atomic mass is 11.4. The van der Waals surface area contributed by atoms with Crippen LogP contribution in [0.2, 0.25) is 0 Å². The number of hydrogen-bond donors (Lipinski definition) is 2. The summed E-state index contributed by atoms with van der Waals surface area (Å²) >= 11 is 0. The van der Waals surface area contributed by atoms with E-state index in [0.29, 0.717) is 0 Å². The fraction of sp³-hybridized carbons (Fsp3) is 1.00. The summed E-state index contributed by atoms with van der Waals surface area (Å²) in [6.07, 6.45) is 0. The average Bonchev–Trinajstić information content (AvgIpc) is 1.59. The number of nitrogens with two attached hydrogens (primary N) is 1. The van der Waals surface area contributed by atoms with Gasteiger partial charge in [0.25, 0.3) is 0 Å². The van der Waals surface area contributed by atoms with E-state index in [1.807, 2.05) is 5.43 Å². The Hall–Kier alpha value is 0.0300. The largest absolute Gasteiger partial charge is 0.790 e. The van der Waals surface area contributed by atoms with Crippen LogP contribution >= 0.6 is 7.82 Å². The van der Waals surface area contributed by atoms with Gasteiger partial charge < -0.3 is 18.9 Å². The second kappa shape index (κ2) is 3.13. The van der Waals surface area contributed by atoms with Crippen molar-refractivity contribution in [2.75, 3.05) is 6.73 Å². The first-order valence-corrected chi connectivity index (χ1v) is 3.12. The molecule has 0 unspecified atom stereocenters. The Bertz CT molecular complexity index is 98.2. The Morgan fingerprint density at radius 1 is 1.75 bits per heavy atom. The van der Waals surface area contributed by atoms with E-state index in [1.165, 1.54) is 0 Å². The molecule has 0 radical (unpaired) electrons. The van der Waals surface area contributed by atoms with E-state index < -0.39 is 14.6 Å². The van der Waals surface area contributed by atoms with Gasteiger partial charge >= 0.3 is 0 Å². The van der Waals surface area contributed by atoms with Gasteiger partial charge in [0, 0.05) is 0 Å². The van der Waals surface area contributed by atoms with Crippen LogP contribution in [0.25, 0.3) is 0 Å². The monoisotopic (exact) mass is 140 g/mol. The van der Waals surface area contributed by atoms with E-state index in [0.717, 1.165) is 0 Å². The molecule has 0 bridgehead atoms. The number of phosphoric acid groups is 1. The van der Waals surface area contributed by atoms with Gasteiger partial charge in [-0.1, -0.05) is 0 Å². The van der Waals surface area contributed by atoms with Crippen molar-refractivity contribution in [3.8, 4) is 0 Å². The summed E-state index contributed by atoms with van der Waals surface area (Å²) in [4.78, 5) is 19.1. The molecule has 50 valence electrons. The highest BCUT2D eigenvalue weighted by molar-refractivity contribution is 7.43. The van der Waals surface area contributed by atoms with E-state index in [1.54, 1.807) is 0 Å². The van der Waals surface area contributed by atoms with Gasteiger partial charge in [-0.15, -0.1) is 0 Å². The zero-order valence-corrected chi connectivity index (χ0v) is 4.76. The standard InChI is InChI=1S/CH7N2O4P/c2-3-1-7-8(4,5)6/h3H,1-2H2,(H2,4,5,6)/p-2. The Labute approximate surface area is 45.9 Å². The van der Waals surface area contributed by atoms with Crippen LogP contribution in [-0.2, 0) is 9.09 Å². The molecule has 7 heteroatoms. The molecule has 0 saturated carbocycles. The molecule has 0 aromatic carbocycles. The third-order valence-electron chi connectivity index (χ3n) is 0.306. The molecular weight excluding hydrogens is 135 g/mol. The lowest BCUT2D eigenvalue weighted by molar-refractivity contribution is -0.342. The number of hydrogen-bond acceptors (Lipinski definition) is 6. The highest BCUT2D eigenvalue weighted by Crippen LogP contribution is 2.22. The third kappa shape index (κ3) is 6.03. The smallest absolute Gasteiger partial charge is 0.114 e. The third-order valence-corrected chi connectivity index (χ3v) is 0.751. The van der Waals surface area contributed by atoms with Gasteiger partial charge in [-0.2, -0.15) is 0 Å². The molecule has 8 heavy (non-hydrogen) atoms. The topological polar surface area (TPSA) is 110 Å². The van der Waals surface area contributed by atoms with Crippen LogP contribution < -0.4 is 21.1 Å². The van der Waals surface area contributed by atoms with Crippen molar-refractivity contribution in [1.29, 1.82) is 0 Å². The van der Waals surface area contributed by atoms with Gasteiger partial charge in [0.15, 0.2) is 0 Å². The van der Waals surface area contributed by atoms with Crippen molar-refractivity contribution in [2.45, 2.75) is 0 Å². The molecule has 0 aromatic rings. The lowest BCUT2D eigenvalue weighted by Crippen LogP contribution is -2.28. The van der Waals surface area contributed by atoms with Crippen LogP contribution in [0.5, 0.6) is 0 Å². The van der Waals surface area contributed by atoms with Crippen molar-refractivity contribution >= 4 is 7.82 Å². The predicted molar refractivity (Wildman–Crippen MR) is 20.9 cm³/mol. The Balaban J connectivity index is 3.26. The summed E-state index contributed by atoms with van der Waals surface area (Å²) in [6, 6.07) is 0. The first-order chi connectivity index (χ1) is 3.56. The van der Waals surface area contributed by atoms with Crippen molar-refractivity contribution in [3.05, 3.63) is 0 Å². The van der Waals surface area contributed by atoms with Crippen LogP contribution in [0.4, 0.5) is 0 Å². The van der Waals surface area contributed by atoms with Crippen molar-refractivity contribution in [1.82, 2.24) is 5.43 Å². The van der Waals surface area contributed by atoms with Crippen LogP contribution in [0.1, 0.15) is 0 Å². The maximum absolute atomic E-state index is 9.54. The minimum atomic E-state index is -4.82. The van der Waals surface area contributed by atoms with Gasteiger partial charge in [-0.05, 0) is 0 Å². The zero-order valence-electron chi connectivity index (χ0n) is 3.86. The van der Waals surface area contributed by atoms with E-state index in [4.69, 9.17) is 0 Å². The fourth-order valence-electron chi connectivity index (χ4n) is 0.116. The van der Waals surface area contributed by atoms with Crippen LogP contribution in [0.15, 0.2) is 0 Å². The molecule has 0 atom stereocenters. The number of nitrogens with one attached hydrogen (secondary N) is 1. The molecule has 0 aliphatic heterocycles. The van der Waals surface area contributed by atoms with Crippen LogP contribution in [0, 0.1) is 0 Å². The Morgan fingerprint density at radius 3 is 2.38 bits per heavy atom. The van der Waals surface area contributed by atoms with E-state index in [-0.39, 0.29) is 0 Å². The zero-order chi connectivity index (χ0) is 6.62. The summed E-state index contributed by atoms with van der Waals surface area (Å²) in [5, 5.41) is 0. The second-order valence-electron chi connectivity index (χ2n) is 0.925. The summed E-state index contributed by atoms with van der Waals surface area (Å²) in [5.74, 6) is 4.56. The lowest BCUT2D eigenvalue weighted by Gasteiger charge is -2.27. The molecule has 0 aliphatic carbocycles. The second-order valence-corrected chi connectivity index (χ2v) is 2.08. The maximum atomic E-state index is 9.54. The minimum Gasteiger partial charge on any atom is -0.790 e. The van der Waals surface area contributed by atoms with Crippen molar-refractivity contribution in [2.24, 2.45) is 5.84 Å². The molecule has 0 saturated heterocycles. The summed E-state index contributed by atoms with van der Waals surface area (Å²) < 4.78 is 13.1. The number of rotatable bonds is 3. The highest BCUT2D eigenvalue weighted by Gasteiger charge is 1.84. The Kier molecular flexibility index (Phi) is 3.15. The molecule has 0 spiro atoms. The van der Waals surface area contributed by atoms with Crippen LogP contribution in [-0.4, -0.2) is 6.73 Å². The molecule has 0 aromatic heterocycles. The van der Waals surface area contributed by atoms with Gasteiger partial charge in [0.1, 0.15) is 6.73 Å². The van der Waals surface area contributed by atoms with Gasteiger partial charge in [-0.3, -0.25) is 5.84 Å². The van der Waals surface area contributed by atoms with Gasteiger partial charge in [0.2, 0.25) is 0 Å². The first-order valence-electron chi connectivity index (χ1n) is 1.66. The van der Waals surface area contributed by atoms with E-state index in [9.17, 15) is 14.4 Å². The molecule has 0 amide bonds. The van der Waals surface area contributed by atoms with Gasteiger partial charge in [-0.25, -0.2) is 5.43 Å². The highest BCUT2D eigenvalue weighted by atomic mass is 31.2. The molecule has 0 rings (SSSR count).